The van der Waals surface area contributed by atoms with E-state index in [0.717, 1.165) is 17.4 Å². The van der Waals surface area contributed by atoms with Crippen molar-refractivity contribution in [3.63, 3.8) is 0 Å². The molecule has 0 heterocycles. The molecule has 7 nitrogen and oxygen atoms in total. The van der Waals surface area contributed by atoms with E-state index in [1.165, 1.54) is 16.3 Å². The summed E-state index contributed by atoms with van der Waals surface area (Å²) in [5, 5.41) is 3.52. The van der Waals surface area contributed by atoms with Crippen LogP contribution in [0.1, 0.15) is 30.9 Å². The molecule has 1 N–H and O–H groups in total. The summed E-state index contributed by atoms with van der Waals surface area (Å²) in [5.41, 5.74) is 2.03. The number of hydrogen-bond donors (Lipinski definition) is 1. The average molecular weight is 514 g/mol. The minimum Gasteiger partial charge on any atom is -0.357 e. The lowest BCUT2D eigenvalue weighted by molar-refractivity contribution is -0.140. The van der Waals surface area contributed by atoms with Crippen molar-refractivity contribution in [1.29, 1.82) is 0 Å². The van der Waals surface area contributed by atoms with E-state index in [0.29, 0.717) is 15.7 Å². The summed E-state index contributed by atoms with van der Waals surface area (Å²) in [7, 11) is -2.08. The van der Waals surface area contributed by atoms with Gasteiger partial charge in [0, 0.05) is 36.6 Å². The van der Waals surface area contributed by atoms with Crippen molar-refractivity contribution in [2.75, 3.05) is 24.2 Å². The maximum absolute atomic E-state index is 13.1. The summed E-state index contributed by atoms with van der Waals surface area (Å²) in [4.78, 5) is 26.8. The molecule has 0 radical (unpaired) electrons. The van der Waals surface area contributed by atoms with Crippen LogP contribution in [0.3, 0.4) is 0 Å². The van der Waals surface area contributed by atoms with Crippen molar-refractivity contribution < 1.29 is 18.0 Å². The van der Waals surface area contributed by atoms with Gasteiger partial charge in [-0.3, -0.25) is 13.9 Å². The predicted octanol–water partition coefficient (Wildman–Crippen LogP) is 4.01. The highest BCUT2D eigenvalue weighted by molar-refractivity contribution is 7.92. The second-order valence-electron chi connectivity index (χ2n) is 7.81. The van der Waals surface area contributed by atoms with Crippen molar-refractivity contribution in [1.82, 2.24) is 10.2 Å². The number of sulfonamides is 1. The molecule has 0 spiro atoms. The number of benzene rings is 2. The molecule has 2 aromatic rings. The van der Waals surface area contributed by atoms with Gasteiger partial charge in [-0.15, -0.1) is 0 Å². The molecule has 0 aromatic heterocycles. The third kappa shape index (κ3) is 7.62. The number of likely N-dealkylation sites (N-methyl/N-ethyl adjacent to an activating group) is 1. The molecule has 0 bridgehead atoms. The Kier molecular flexibility index (Phi) is 9.57. The molecule has 33 heavy (non-hydrogen) atoms. The van der Waals surface area contributed by atoms with Crippen molar-refractivity contribution in [2.45, 2.75) is 39.3 Å². The quantitative estimate of drug-likeness (QED) is 0.519. The third-order valence-corrected chi connectivity index (χ3v) is 6.90. The Balaban J connectivity index is 2.18. The van der Waals surface area contributed by atoms with Gasteiger partial charge in [0.1, 0.15) is 6.04 Å². The summed E-state index contributed by atoms with van der Waals surface area (Å²) < 4.78 is 26.1. The largest absolute Gasteiger partial charge is 0.357 e. The molecule has 180 valence electrons. The first-order valence-corrected chi connectivity index (χ1v) is 13.0. The lowest BCUT2D eigenvalue weighted by Gasteiger charge is -2.29. The number of nitrogens with zero attached hydrogens (tertiary/aromatic N) is 2. The smallest absolute Gasteiger partial charge is 0.242 e. The average Bonchev–Trinajstić information content (AvgIpc) is 2.75. The minimum absolute atomic E-state index is 0.0630. The van der Waals surface area contributed by atoms with Gasteiger partial charge in [0.05, 0.1) is 11.9 Å². The molecule has 10 heteroatoms. The van der Waals surface area contributed by atoms with Crippen molar-refractivity contribution in [3.05, 3.63) is 63.6 Å². The SMILES string of the molecule is CNC(=O)[C@H](C)N(Cc1cccc(Cl)c1)C(=O)CCCN(c1cc(Cl)ccc1C)S(C)(=O)=O. The van der Waals surface area contributed by atoms with E-state index in [9.17, 15) is 18.0 Å². The number of amides is 2. The number of hydrogen-bond acceptors (Lipinski definition) is 4. The van der Waals surface area contributed by atoms with Crippen LogP contribution in [0, 0.1) is 6.92 Å². The van der Waals surface area contributed by atoms with Crippen LogP contribution < -0.4 is 9.62 Å². The van der Waals surface area contributed by atoms with E-state index in [2.05, 4.69) is 5.32 Å². The standard InChI is InChI=1S/C23H29Cl2N3O4S/c1-16-10-11-20(25)14-21(16)28(33(4,31)32)12-6-9-22(29)27(17(2)23(30)26-3)15-18-7-5-8-19(24)13-18/h5,7-8,10-11,13-14,17H,6,9,12,15H2,1-4H3,(H,26,30)/t17-/m0/s1. The van der Waals surface area contributed by atoms with Crippen molar-refractivity contribution in [2.24, 2.45) is 0 Å². The Morgan fingerprint density at radius 2 is 1.76 bits per heavy atom. The Bertz CT molecular complexity index is 1110. The van der Waals surface area contributed by atoms with Gasteiger partial charge in [-0.1, -0.05) is 41.4 Å². The summed E-state index contributed by atoms with van der Waals surface area (Å²) in [6.45, 7) is 3.76. The molecule has 0 aliphatic rings. The fourth-order valence-electron chi connectivity index (χ4n) is 3.46. The Morgan fingerprint density at radius 1 is 1.09 bits per heavy atom. The summed E-state index contributed by atoms with van der Waals surface area (Å²) in [6.07, 6.45) is 1.45. The third-order valence-electron chi connectivity index (χ3n) is 5.25. The van der Waals surface area contributed by atoms with Gasteiger partial charge in [-0.05, 0) is 55.7 Å². The normalized spacial score (nSPS) is 12.2. The molecule has 0 saturated heterocycles. The van der Waals surface area contributed by atoms with Crippen LogP contribution in [0.15, 0.2) is 42.5 Å². The van der Waals surface area contributed by atoms with Gasteiger partial charge >= 0.3 is 0 Å². The highest BCUT2D eigenvalue weighted by Gasteiger charge is 2.26. The highest BCUT2D eigenvalue weighted by Crippen LogP contribution is 2.27. The number of halogens is 2. The summed E-state index contributed by atoms with van der Waals surface area (Å²) in [5.74, 6) is -0.556. The molecule has 0 aliphatic heterocycles. The van der Waals surface area contributed by atoms with Crippen LogP contribution in [-0.4, -0.2) is 51.0 Å². The molecule has 0 saturated carbocycles. The lowest BCUT2D eigenvalue weighted by atomic mass is 10.1. The number of nitrogens with one attached hydrogen (secondary N) is 1. The fourth-order valence-corrected chi connectivity index (χ4v) is 4.85. The minimum atomic E-state index is -3.59. The van der Waals surface area contributed by atoms with Gasteiger partial charge in [-0.2, -0.15) is 0 Å². The van der Waals surface area contributed by atoms with Crippen LogP contribution >= 0.6 is 23.2 Å². The molecule has 0 aliphatic carbocycles. The van der Waals surface area contributed by atoms with Crippen LogP contribution in [0.25, 0.3) is 0 Å². The number of anilines is 1. The molecule has 2 rings (SSSR count). The summed E-state index contributed by atoms with van der Waals surface area (Å²) >= 11 is 12.1. The molecule has 1 atom stereocenters. The number of carbonyl (C=O) groups is 2. The molecule has 2 amide bonds. The number of aryl methyl sites for hydroxylation is 1. The first kappa shape index (κ1) is 27.0. The second kappa shape index (κ2) is 11.7. The zero-order valence-electron chi connectivity index (χ0n) is 19.1. The van der Waals surface area contributed by atoms with Gasteiger partial charge in [0.25, 0.3) is 0 Å². The Labute approximate surface area is 205 Å². The van der Waals surface area contributed by atoms with E-state index in [1.807, 2.05) is 6.07 Å². The molecule has 2 aromatic carbocycles. The van der Waals surface area contributed by atoms with Gasteiger partial charge in [-0.25, -0.2) is 8.42 Å². The maximum Gasteiger partial charge on any atom is 0.242 e. The van der Waals surface area contributed by atoms with E-state index < -0.39 is 16.1 Å². The van der Waals surface area contributed by atoms with Crippen LogP contribution in [0.2, 0.25) is 10.0 Å². The van der Waals surface area contributed by atoms with E-state index in [-0.39, 0.29) is 37.7 Å². The first-order chi connectivity index (χ1) is 15.4. The lowest BCUT2D eigenvalue weighted by Crippen LogP contribution is -2.46. The molecule has 0 fully saturated rings. The number of carbonyl (C=O) groups excluding carboxylic acids is 2. The monoisotopic (exact) mass is 513 g/mol. The molecule has 0 unspecified atom stereocenters. The van der Waals surface area contributed by atoms with Crippen molar-refractivity contribution in [3.8, 4) is 0 Å². The van der Waals surface area contributed by atoms with Crippen molar-refractivity contribution >= 4 is 50.7 Å². The number of rotatable bonds is 10. The van der Waals surface area contributed by atoms with Crippen LogP contribution in [-0.2, 0) is 26.2 Å². The predicted molar refractivity (Wildman–Crippen MR) is 133 cm³/mol. The topological polar surface area (TPSA) is 86.8 Å². The first-order valence-electron chi connectivity index (χ1n) is 10.4. The van der Waals surface area contributed by atoms with E-state index >= 15 is 0 Å². The Morgan fingerprint density at radius 3 is 2.36 bits per heavy atom. The van der Waals surface area contributed by atoms with E-state index in [4.69, 9.17) is 23.2 Å². The zero-order valence-corrected chi connectivity index (χ0v) is 21.5. The second-order valence-corrected chi connectivity index (χ2v) is 10.6. The summed E-state index contributed by atoms with van der Waals surface area (Å²) in [6, 6.07) is 11.4. The van der Waals surface area contributed by atoms with E-state index in [1.54, 1.807) is 50.2 Å². The zero-order chi connectivity index (χ0) is 24.8. The highest BCUT2D eigenvalue weighted by atomic mass is 35.5. The van der Waals surface area contributed by atoms with Crippen LogP contribution in [0.5, 0.6) is 0 Å². The molecular weight excluding hydrogens is 485 g/mol. The Hall–Kier alpha value is -2.29. The fraction of sp³-hybridized carbons (Fsp3) is 0.391. The maximum atomic E-state index is 13.1. The van der Waals surface area contributed by atoms with Gasteiger partial charge < -0.3 is 10.2 Å². The van der Waals surface area contributed by atoms with Gasteiger partial charge in [0.15, 0.2) is 0 Å². The van der Waals surface area contributed by atoms with Gasteiger partial charge in [0.2, 0.25) is 21.8 Å². The molecular formula is C23H29Cl2N3O4S. The van der Waals surface area contributed by atoms with Crippen LogP contribution in [0.4, 0.5) is 5.69 Å².